The third-order valence-electron chi connectivity index (χ3n) is 4.90. The molecule has 4 heteroatoms. The van der Waals surface area contributed by atoms with Gasteiger partial charge >= 0.3 is 0 Å². The summed E-state index contributed by atoms with van der Waals surface area (Å²) in [4.78, 5) is 3.92. The van der Waals surface area contributed by atoms with Crippen molar-refractivity contribution in [1.82, 2.24) is 0 Å². The van der Waals surface area contributed by atoms with Crippen LogP contribution in [-0.4, -0.2) is 27.3 Å². The number of hydrogen-bond acceptors (Lipinski definition) is 2. The Morgan fingerprint density at radius 2 is 1.83 bits per heavy atom. The summed E-state index contributed by atoms with van der Waals surface area (Å²) in [5.74, 6) is 1.54. The zero-order valence-corrected chi connectivity index (χ0v) is 12.3. The Hall–Kier alpha value is -0.560. The topological polar surface area (TPSA) is 33.8 Å². The van der Waals surface area contributed by atoms with E-state index in [0.29, 0.717) is 6.04 Å². The van der Waals surface area contributed by atoms with E-state index in [2.05, 4.69) is 30.0 Å². The summed E-state index contributed by atoms with van der Waals surface area (Å²) in [7, 11) is -1.88. The molecule has 1 aliphatic heterocycles. The van der Waals surface area contributed by atoms with E-state index in [0.717, 1.165) is 37.2 Å². The van der Waals surface area contributed by atoms with Gasteiger partial charge < -0.3 is 4.85 Å². The SMILES string of the molecule is [C-]#[N+]C1(C(C)(C)C)CC2(C1)CS(=O)(=NC1CC1)C2. The molecule has 0 unspecified atom stereocenters. The number of nitrogens with zero attached hydrogens (tertiary/aromatic N) is 2. The van der Waals surface area contributed by atoms with Gasteiger partial charge in [-0.1, -0.05) is 20.8 Å². The van der Waals surface area contributed by atoms with Gasteiger partial charge in [0.15, 0.2) is 0 Å². The maximum Gasteiger partial charge on any atom is 0.238 e. The third-order valence-corrected chi connectivity index (χ3v) is 7.71. The minimum Gasteiger partial charge on any atom is -0.310 e. The molecule has 100 valence electrons. The second-order valence-electron chi connectivity index (χ2n) is 7.64. The number of rotatable bonds is 1. The second kappa shape index (κ2) is 3.30. The van der Waals surface area contributed by atoms with Crippen molar-refractivity contribution in [3.8, 4) is 0 Å². The molecule has 0 aromatic carbocycles. The summed E-state index contributed by atoms with van der Waals surface area (Å²) in [6, 6.07) is 0.406. The second-order valence-corrected chi connectivity index (χ2v) is 9.98. The molecule has 18 heavy (non-hydrogen) atoms. The van der Waals surface area contributed by atoms with Crippen molar-refractivity contribution in [2.45, 2.75) is 58.0 Å². The van der Waals surface area contributed by atoms with Crippen LogP contribution in [0.3, 0.4) is 0 Å². The van der Waals surface area contributed by atoms with E-state index in [4.69, 9.17) is 6.57 Å². The molecule has 3 nitrogen and oxygen atoms in total. The molecule has 1 heterocycles. The Morgan fingerprint density at radius 1 is 1.28 bits per heavy atom. The molecule has 0 N–H and O–H groups in total. The highest BCUT2D eigenvalue weighted by atomic mass is 32.2. The van der Waals surface area contributed by atoms with Gasteiger partial charge in [0.25, 0.3) is 0 Å². The predicted octanol–water partition coefficient (Wildman–Crippen LogP) is 3.11. The first-order valence-electron chi connectivity index (χ1n) is 6.82. The van der Waals surface area contributed by atoms with Crippen molar-refractivity contribution in [2.24, 2.45) is 15.2 Å². The lowest BCUT2D eigenvalue weighted by Crippen LogP contribution is -2.66. The highest BCUT2D eigenvalue weighted by Gasteiger charge is 2.70. The molecule has 3 aliphatic rings. The summed E-state index contributed by atoms with van der Waals surface area (Å²) >= 11 is 0. The fourth-order valence-corrected chi connectivity index (χ4v) is 6.75. The molecule has 0 atom stereocenters. The van der Waals surface area contributed by atoms with Gasteiger partial charge in [-0.3, -0.25) is 0 Å². The van der Waals surface area contributed by atoms with E-state index in [1.165, 1.54) is 0 Å². The minimum absolute atomic E-state index is 0.0318. The molecular weight excluding hydrogens is 244 g/mol. The first-order valence-corrected chi connectivity index (χ1v) is 8.67. The normalized spacial score (nSPS) is 47.0. The zero-order chi connectivity index (χ0) is 13.2. The van der Waals surface area contributed by atoms with Crippen molar-refractivity contribution < 1.29 is 4.21 Å². The summed E-state index contributed by atoms with van der Waals surface area (Å²) in [5.41, 5.74) is 0.0186. The Labute approximate surface area is 110 Å². The summed E-state index contributed by atoms with van der Waals surface area (Å²) < 4.78 is 16.9. The van der Waals surface area contributed by atoms with Crippen LogP contribution in [0.4, 0.5) is 0 Å². The van der Waals surface area contributed by atoms with Crippen molar-refractivity contribution in [2.75, 3.05) is 11.5 Å². The highest BCUT2D eigenvalue weighted by Crippen LogP contribution is 2.63. The van der Waals surface area contributed by atoms with Crippen LogP contribution in [0, 0.1) is 17.4 Å². The van der Waals surface area contributed by atoms with Crippen molar-refractivity contribution >= 4 is 9.73 Å². The Morgan fingerprint density at radius 3 is 2.22 bits per heavy atom. The smallest absolute Gasteiger partial charge is 0.238 e. The fourth-order valence-electron chi connectivity index (χ4n) is 3.61. The van der Waals surface area contributed by atoms with Gasteiger partial charge in [0, 0.05) is 44.9 Å². The van der Waals surface area contributed by atoms with Gasteiger partial charge in [-0.2, -0.15) is 0 Å². The van der Waals surface area contributed by atoms with E-state index in [1.54, 1.807) is 0 Å². The van der Waals surface area contributed by atoms with Gasteiger partial charge in [-0.15, -0.1) is 0 Å². The molecule has 2 saturated carbocycles. The van der Waals surface area contributed by atoms with Crippen LogP contribution in [0.1, 0.15) is 46.5 Å². The Kier molecular flexibility index (Phi) is 2.29. The summed E-state index contributed by atoms with van der Waals surface area (Å²) in [5, 5.41) is 0. The van der Waals surface area contributed by atoms with Gasteiger partial charge in [-0.05, 0) is 12.8 Å². The average molecular weight is 266 g/mol. The predicted molar refractivity (Wildman–Crippen MR) is 73.8 cm³/mol. The minimum atomic E-state index is -1.88. The quantitative estimate of drug-likeness (QED) is 0.671. The van der Waals surface area contributed by atoms with Crippen molar-refractivity contribution in [3.63, 3.8) is 0 Å². The molecular formula is C14H22N2OS. The van der Waals surface area contributed by atoms with Crippen LogP contribution >= 0.6 is 0 Å². The molecule has 0 bridgehead atoms. The maximum atomic E-state index is 12.4. The number of hydrogen-bond donors (Lipinski definition) is 0. The Balaban J connectivity index is 1.71. The van der Waals surface area contributed by atoms with Gasteiger partial charge in [0.1, 0.15) is 0 Å². The molecule has 3 fully saturated rings. The molecule has 0 amide bonds. The van der Waals surface area contributed by atoms with E-state index in [9.17, 15) is 4.21 Å². The standard InChI is InChI=1S/C14H22N2OS/c1-12(2,3)14(15-4)7-13(8-14)9-18(17,10-13)16-11-5-6-11/h11H,5-10H2,1-3H3. The van der Waals surface area contributed by atoms with Gasteiger partial charge in [0.05, 0.1) is 6.04 Å². The first kappa shape index (κ1) is 12.5. The molecule has 0 radical (unpaired) electrons. The van der Waals surface area contributed by atoms with Crippen LogP contribution < -0.4 is 0 Å². The fraction of sp³-hybridized carbons (Fsp3) is 0.929. The van der Waals surface area contributed by atoms with Crippen LogP contribution in [-0.2, 0) is 9.73 Å². The van der Waals surface area contributed by atoms with E-state index >= 15 is 0 Å². The van der Waals surface area contributed by atoms with E-state index in [-0.39, 0.29) is 16.4 Å². The van der Waals surface area contributed by atoms with Crippen molar-refractivity contribution in [3.05, 3.63) is 11.4 Å². The molecule has 3 rings (SSSR count). The van der Waals surface area contributed by atoms with Gasteiger partial charge in [-0.25, -0.2) is 15.1 Å². The summed E-state index contributed by atoms with van der Waals surface area (Å²) in [6.45, 7) is 14.0. The first-order chi connectivity index (χ1) is 8.22. The molecule has 1 spiro atoms. The maximum absolute atomic E-state index is 12.4. The average Bonchev–Trinajstić information content (AvgIpc) is 2.90. The Bertz CT molecular complexity index is 519. The van der Waals surface area contributed by atoms with E-state index in [1.807, 2.05) is 0 Å². The molecule has 2 aliphatic carbocycles. The van der Waals surface area contributed by atoms with Crippen LogP contribution in [0.2, 0.25) is 0 Å². The molecule has 0 aromatic rings. The van der Waals surface area contributed by atoms with Crippen LogP contribution in [0.25, 0.3) is 4.85 Å². The monoisotopic (exact) mass is 266 g/mol. The lowest BCUT2D eigenvalue weighted by molar-refractivity contribution is 0.00845. The molecule has 0 aromatic heterocycles. The third kappa shape index (κ3) is 1.71. The van der Waals surface area contributed by atoms with Crippen molar-refractivity contribution in [1.29, 1.82) is 0 Å². The van der Waals surface area contributed by atoms with Crippen LogP contribution in [0.5, 0.6) is 0 Å². The van der Waals surface area contributed by atoms with Gasteiger partial charge in [0.2, 0.25) is 5.54 Å². The van der Waals surface area contributed by atoms with Crippen LogP contribution in [0.15, 0.2) is 4.36 Å². The zero-order valence-electron chi connectivity index (χ0n) is 11.5. The lowest BCUT2D eigenvalue weighted by Gasteiger charge is -2.58. The molecule has 1 saturated heterocycles. The largest absolute Gasteiger partial charge is 0.310 e. The highest BCUT2D eigenvalue weighted by molar-refractivity contribution is 7.95. The summed E-state index contributed by atoms with van der Waals surface area (Å²) in [6.07, 6.45) is 4.14. The van der Waals surface area contributed by atoms with E-state index < -0.39 is 9.73 Å². The lowest BCUT2D eigenvalue weighted by atomic mass is 9.50.